The lowest BCUT2D eigenvalue weighted by atomic mass is 10.00. The maximum Gasteiger partial charge on any atom is 0.205 e. The number of rotatable bonds is 2. The Balaban J connectivity index is 2.72. The molecule has 0 saturated heterocycles. The molecule has 1 aliphatic heterocycles. The first-order valence-corrected chi connectivity index (χ1v) is 4.99. The summed E-state index contributed by atoms with van der Waals surface area (Å²) in [4.78, 5) is 0. The Morgan fingerprint density at radius 3 is 2.53 bits per heavy atom. The van der Waals surface area contributed by atoms with Crippen LogP contribution < -0.4 is 15.2 Å². The molecule has 0 aliphatic carbocycles. The second-order valence-electron chi connectivity index (χ2n) is 3.63. The zero-order valence-corrected chi connectivity index (χ0v) is 9.60. The second-order valence-corrected chi connectivity index (χ2v) is 3.63. The molecular formula is C11H14N2O4. The summed E-state index contributed by atoms with van der Waals surface area (Å²) in [6.45, 7) is 0.186. The summed E-state index contributed by atoms with van der Waals surface area (Å²) in [7, 11) is 2.86. The van der Waals surface area contributed by atoms with Crippen molar-refractivity contribution in [1.29, 1.82) is 0 Å². The molecule has 0 atom stereocenters. The number of ether oxygens (including phenoxy) is 2. The van der Waals surface area contributed by atoms with Crippen LogP contribution in [0, 0.1) is 0 Å². The van der Waals surface area contributed by atoms with Crippen molar-refractivity contribution in [1.82, 2.24) is 5.06 Å². The van der Waals surface area contributed by atoms with Crippen molar-refractivity contribution in [2.24, 2.45) is 0 Å². The van der Waals surface area contributed by atoms with Crippen molar-refractivity contribution in [2.75, 3.05) is 20.0 Å². The van der Waals surface area contributed by atoms with Crippen LogP contribution in [0.5, 0.6) is 17.2 Å². The minimum absolute atomic E-state index is 0.0436. The third-order valence-electron chi connectivity index (χ3n) is 2.71. The zero-order valence-electron chi connectivity index (χ0n) is 9.60. The average molecular weight is 238 g/mol. The summed E-state index contributed by atoms with van der Waals surface area (Å²) in [5, 5.41) is 20.4. The number of nitrogens with two attached hydrogens (primary N) is 1. The summed E-state index contributed by atoms with van der Waals surface area (Å²) in [5.74, 6) is 0.421. The maximum absolute atomic E-state index is 10.0. The number of anilines is 1. The highest BCUT2D eigenvalue weighted by molar-refractivity contribution is 5.79. The van der Waals surface area contributed by atoms with E-state index in [1.54, 1.807) is 6.08 Å². The smallest absolute Gasteiger partial charge is 0.205 e. The summed E-state index contributed by atoms with van der Waals surface area (Å²) in [6, 6.07) is 0. The molecule has 6 nitrogen and oxygen atoms in total. The molecule has 0 spiro atoms. The molecule has 0 aromatic heterocycles. The van der Waals surface area contributed by atoms with Gasteiger partial charge in [-0.05, 0) is 6.08 Å². The maximum atomic E-state index is 10.0. The molecule has 1 heterocycles. The number of fused-ring (bicyclic) bond motifs is 1. The summed E-state index contributed by atoms with van der Waals surface area (Å²) >= 11 is 0. The Labute approximate surface area is 98.4 Å². The fourth-order valence-electron chi connectivity index (χ4n) is 1.89. The van der Waals surface area contributed by atoms with Gasteiger partial charge in [-0.1, -0.05) is 0 Å². The summed E-state index contributed by atoms with van der Waals surface area (Å²) in [5.41, 5.74) is 7.42. The van der Waals surface area contributed by atoms with Crippen molar-refractivity contribution in [3.63, 3.8) is 0 Å². The molecule has 17 heavy (non-hydrogen) atoms. The van der Waals surface area contributed by atoms with Gasteiger partial charge in [-0.25, -0.2) is 0 Å². The van der Waals surface area contributed by atoms with Gasteiger partial charge in [0, 0.05) is 17.3 Å². The Kier molecular flexibility index (Phi) is 2.72. The Morgan fingerprint density at radius 2 is 1.94 bits per heavy atom. The van der Waals surface area contributed by atoms with E-state index in [9.17, 15) is 10.3 Å². The molecule has 1 aromatic carbocycles. The molecular weight excluding hydrogens is 224 g/mol. The number of hydroxylamine groups is 2. The Bertz CT molecular complexity index is 485. The number of phenols is 1. The highest BCUT2D eigenvalue weighted by Gasteiger charge is 2.25. The molecule has 0 radical (unpaired) electrons. The first-order valence-electron chi connectivity index (χ1n) is 4.99. The van der Waals surface area contributed by atoms with E-state index in [1.165, 1.54) is 20.4 Å². The standard InChI is InChI=1S/C11H14N2O4/c1-16-10-8(12)7-5-13(15)4-3-6(7)9(14)11(10)17-2/h3-4,14-15H,5,12H2,1-2H3. The molecule has 0 bridgehead atoms. The molecule has 4 N–H and O–H groups in total. The van der Waals surface area contributed by atoms with Crippen LogP contribution >= 0.6 is 0 Å². The van der Waals surface area contributed by atoms with E-state index in [0.717, 1.165) is 5.06 Å². The predicted molar refractivity (Wildman–Crippen MR) is 62.0 cm³/mol. The van der Waals surface area contributed by atoms with E-state index in [4.69, 9.17) is 15.2 Å². The first-order chi connectivity index (χ1) is 8.10. The minimum atomic E-state index is -0.0436. The van der Waals surface area contributed by atoms with Crippen LogP contribution in [-0.2, 0) is 6.54 Å². The second kappa shape index (κ2) is 4.06. The van der Waals surface area contributed by atoms with E-state index in [-0.39, 0.29) is 23.8 Å². The molecule has 1 aromatic rings. The molecule has 2 rings (SSSR count). The van der Waals surface area contributed by atoms with Crippen LogP contribution in [0.15, 0.2) is 6.20 Å². The Morgan fingerprint density at radius 1 is 1.29 bits per heavy atom. The highest BCUT2D eigenvalue weighted by atomic mass is 16.5. The highest BCUT2D eigenvalue weighted by Crippen LogP contribution is 2.48. The fourth-order valence-corrected chi connectivity index (χ4v) is 1.89. The first kappa shape index (κ1) is 11.4. The molecule has 0 amide bonds. The number of phenolic OH excluding ortho intramolecular Hbond substituents is 1. The van der Waals surface area contributed by atoms with E-state index in [2.05, 4.69) is 0 Å². The van der Waals surface area contributed by atoms with E-state index >= 15 is 0 Å². The largest absolute Gasteiger partial charge is 0.504 e. The van der Waals surface area contributed by atoms with Gasteiger partial charge in [0.1, 0.15) is 0 Å². The van der Waals surface area contributed by atoms with Gasteiger partial charge < -0.3 is 20.3 Å². The van der Waals surface area contributed by atoms with Gasteiger partial charge in [0.05, 0.1) is 26.5 Å². The third kappa shape index (κ3) is 1.62. The SMILES string of the molecule is COc1c(N)c2c(c(O)c1OC)C=CN(O)C2. The number of methoxy groups -OCH3 is 2. The number of benzene rings is 1. The number of hydrogen-bond donors (Lipinski definition) is 3. The van der Waals surface area contributed by atoms with E-state index in [1.807, 2.05) is 0 Å². The quantitative estimate of drug-likeness (QED) is 0.529. The van der Waals surface area contributed by atoms with Gasteiger partial charge in [-0.15, -0.1) is 0 Å². The van der Waals surface area contributed by atoms with Crippen molar-refractivity contribution in [3.8, 4) is 17.2 Å². The molecule has 1 aliphatic rings. The van der Waals surface area contributed by atoms with Crippen molar-refractivity contribution >= 4 is 11.8 Å². The van der Waals surface area contributed by atoms with Crippen molar-refractivity contribution in [3.05, 3.63) is 17.3 Å². The molecule has 6 heteroatoms. The molecule has 0 saturated carbocycles. The van der Waals surface area contributed by atoms with Gasteiger partial charge in [-0.3, -0.25) is 10.3 Å². The topological polar surface area (TPSA) is 88.2 Å². The lowest BCUT2D eigenvalue weighted by Gasteiger charge is -2.24. The zero-order chi connectivity index (χ0) is 12.6. The van der Waals surface area contributed by atoms with Gasteiger partial charge in [0.15, 0.2) is 11.5 Å². The monoisotopic (exact) mass is 238 g/mol. The van der Waals surface area contributed by atoms with Gasteiger partial charge in [0.2, 0.25) is 5.75 Å². The fraction of sp³-hybridized carbons (Fsp3) is 0.273. The minimum Gasteiger partial charge on any atom is -0.504 e. The van der Waals surface area contributed by atoms with Crippen LogP contribution in [0.3, 0.4) is 0 Å². The summed E-state index contributed by atoms with van der Waals surface area (Å²) in [6.07, 6.45) is 3.00. The number of hydrogen-bond acceptors (Lipinski definition) is 6. The third-order valence-corrected chi connectivity index (χ3v) is 2.71. The normalized spacial score (nSPS) is 13.5. The van der Waals surface area contributed by atoms with E-state index in [0.29, 0.717) is 16.8 Å². The Hall–Kier alpha value is -2.08. The number of aromatic hydroxyl groups is 1. The summed E-state index contributed by atoms with van der Waals surface area (Å²) < 4.78 is 10.2. The van der Waals surface area contributed by atoms with Crippen LogP contribution in [0.1, 0.15) is 11.1 Å². The molecule has 92 valence electrons. The van der Waals surface area contributed by atoms with Crippen molar-refractivity contribution in [2.45, 2.75) is 6.54 Å². The van der Waals surface area contributed by atoms with Crippen LogP contribution in [0.4, 0.5) is 5.69 Å². The lowest BCUT2D eigenvalue weighted by molar-refractivity contribution is -0.0494. The van der Waals surface area contributed by atoms with Crippen molar-refractivity contribution < 1.29 is 19.8 Å². The molecule has 0 unspecified atom stereocenters. The van der Waals surface area contributed by atoms with Gasteiger partial charge >= 0.3 is 0 Å². The van der Waals surface area contributed by atoms with Crippen LogP contribution in [-0.4, -0.2) is 29.6 Å². The number of nitrogen functional groups attached to an aromatic ring is 1. The lowest BCUT2D eigenvalue weighted by Crippen LogP contribution is -2.17. The predicted octanol–water partition coefficient (Wildman–Crippen LogP) is 1.17. The average Bonchev–Trinajstić information content (AvgIpc) is 2.33. The van der Waals surface area contributed by atoms with Gasteiger partial charge in [0.25, 0.3) is 0 Å². The van der Waals surface area contributed by atoms with E-state index < -0.39 is 0 Å². The van der Waals surface area contributed by atoms with Crippen LogP contribution in [0.2, 0.25) is 0 Å². The molecule has 0 fully saturated rings. The number of nitrogens with zero attached hydrogens (tertiary/aromatic N) is 1. The van der Waals surface area contributed by atoms with Crippen LogP contribution in [0.25, 0.3) is 6.08 Å². The van der Waals surface area contributed by atoms with Gasteiger partial charge in [-0.2, -0.15) is 0 Å².